The van der Waals surface area contributed by atoms with Crippen LogP contribution in [-0.2, 0) is 27.6 Å². The van der Waals surface area contributed by atoms with Crippen LogP contribution in [0.3, 0.4) is 0 Å². The minimum atomic E-state index is -0.0277. The molecular weight excluding hydrogens is 920 g/mol. The van der Waals surface area contributed by atoms with Gasteiger partial charge in [-0.15, -0.1) is 0 Å². The molecule has 2 N–H and O–H groups in total. The first-order chi connectivity index (χ1) is 29.1. The van der Waals surface area contributed by atoms with Crippen LogP contribution in [0.4, 0.5) is 0 Å². The van der Waals surface area contributed by atoms with Crippen molar-refractivity contribution < 1.29 is 21.1 Å². The zero-order valence-electron chi connectivity index (χ0n) is 35.5. The average molecular weight is 973 g/mol. The molecule has 0 unspecified atom stereocenters. The molecule has 0 bridgehead atoms. The molecule has 0 spiro atoms. The van der Waals surface area contributed by atoms with Gasteiger partial charge in [-0.2, -0.15) is 0 Å². The van der Waals surface area contributed by atoms with E-state index >= 15 is 0 Å². The number of rotatable bonds is 5. The van der Waals surface area contributed by atoms with Gasteiger partial charge in [0.15, 0.2) is 0 Å². The van der Waals surface area contributed by atoms with E-state index in [1.807, 2.05) is 103 Å². The third kappa shape index (κ3) is 15.7. The van der Waals surface area contributed by atoms with Gasteiger partial charge in [0, 0.05) is 22.2 Å². The van der Waals surface area contributed by atoms with Crippen LogP contribution < -0.4 is 0 Å². The third-order valence-corrected chi connectivity index (χ3v) is 8.90. The number of aryl methyl sites for hydroxylation is 3. The summed E-state index contributed by atoms with van der Waals surface area (Å²) in [5.74, 6) is 0.752. The molecule has 0 aliphatic carbocycles. The number of fused-ring (bicyclic) bond motifs is 3. The SMILES string of the molecule is C=NC(C)=N.C=NCc1ccccc1.C[N-]C(=NC(=[N-])c1ccccc1)c1ccccc1.Cc1ccccc1.Cc1ccccc1-c1cc2[nH]c3ccccc3c2nc1C.[W+2]. The molecule has 8 aromatic rings. The van der Waals surface area contributed by atoms with E-state index in [0.29, 0.717) is 11.4 Å². The normalized spacial score (nSPS) is 10.0. The molecular formula is C52H52N8W. The topological polar surface area (TPSA) is 126 Å². The second-order valence-corrected chi connectivity index (χ2v) is 13.5. The molecule has 0 fully saturated rings. The summed E-state index contributed by atoms with van der Waals surface area (Å²) in [4.78, 5) is 19.5. The summed E-state index contributed by atoms with van der Waals surface area (Å²) in [7, 11) is 1.66. The number of aromatic amines is 1. The number of nitrogens with zero attached hydrogens (tertiary/aromatic N) is 6. The Bertz CT molecular complexity index is 2600. The van der Waals surface area contributed by atoms with Gasteiger partial charge < -0.3 is 20.7 Å². The molecule has 306 valence electrons. The van der Waals surface area contributed by atoms with Crippen molar-refractivity contribution in [3.05, 3.63) is 220 Å². The number of benzene rings is 6. The molecule has 0 saturated heterocycles. The Labute approximate surface area is 375 Å². The summed E-state index contributed by atoms with van der Waals surface area (Å²) in [5.41, 5.74) is 12.2. The maximum absolute atomic E-state index is 9.95. The number of aliphatic imine (C=N–C) groups is 3. The maximum Gasteiger partial charge on any atom is 2.00 e. The van der Waals surface area contributed by atoms with Gasteiger partial charge in [-0.05, 0) is 81.1 Å². The van der Waals surface area contributed by atoms with Crippen molar-refractivity contribution in [3.63, 3.8) is 0 Å². The number of pyridine rings is 1. The van der Waals surface area contributed by atoms with E-state index in [9.17, 15) is 5.41 Å². The first-order valence-electron chi connectivity index (χ1n) is 19.4. The average Bonchev–Trinajstić information content (AvgIpc) is 3.65. The molecule has 0 atom stereocenters. The molecule has 0 amide bonds. The minimum absolute atomic E-state index is 0. The zero-order chi connectivity index (χ0) is 43.1. The summed E-state index contributed by atoms with van der Waals surface area (Å²) < 4.78 is 0. The van der Waals surface area contributed by atoms with E-state index in [0.717, 1.165) is 34.4 Å². The number of hydrogen-bond acceptors (Lipinski definition) is 3. The molecule has 6 aromatic carbocycles. The fourth-order valence-corrected chi connectivity index (χ4v) is 5.83. The molecule has 9 heteroatoms. The Kier molecular flexibility index (Phi) is 20.9. The van der Waals surface area contributed by atoms with Gasteiger partial charge in [-0.25, -0.2) is 0 Å². The molecule has 0 aliphatic heterocycles. The van der Waals surface area contributed by atoms with E-state index in [1.54, 1.807) is 26.1 Å². The Morgan fingerprint density at radius 1 is 0.672 bits per heavy atom. The Hall–Kier alpha value is -6.89. The van der Waals surface area contributed by atoms with Crippen LogP contribution in [0.15, 0.2) is 191 Å². The van der Waals surface area contributed by atoms with E-state index in [1.165, 1.54) is 33.2 Å². The van der Waals surface area contributed by atoms with E-state index < -0.39 is 0 Å². The quantitative estimate of drug-likeness (QED) is 0.129. The molecule has 2 aromatic heterocycles. The zero-order valence-corrected chi connectivity index (χ0v) is 38.4. The predicted molar refractivity (Wildman–Crippen MR) is 259 cm³/mol. The maximum atomic E-state index is 9.95. The van der Waals surface area contributed by atoms with Crippen molar-refractivity contribution >= 4 is 52.9 Å². The summed E-state index contributed by atoms with van der Waals surface area (Å²) in [6.45, 7) is 15.1. The molecule has 61 heavy (non-hydrogen) atoms. The second-order valence-electron chi connectivity index (χ2n) is 13.5. The van der Waals surface area contributed by atoms with Crippen LogP contribution in [0.5, 0.6) is 0 Å². The van der Waals surface area contributed by atoms with Crippen molar-refractivity contribution in [1.29, 1.82) is 5.41 Å². The molecule has 0 radical (unpaired) electrons. The van der Waals surface area contributed by atoms with Crippen LogP contribution in [-0.4, -0.2) is 48.0 Å². The van der Waals surface area contributed by atoms with Gasteiger partial charge in [0.2, 0.25) is 0 Å². The van der Waals surface area contributed by atoms with Crippen LogP contribution in [0.1, 0.15) is 40.4 Å². The minimum Gasteiger partial charge on any atom is -0.468 e. The van der Waals surface area contributed by atoms with Gasteiger partial charge in [-0.3, -0.25) is 20.4 Å². The smallest absolute Gasteiger partial charge is 0.468 e. The Balaban J connectivity index is 0.000000223. The number of nitrogens with one attached hydrogen (secondary N) is 2. The Morgan fingerprint density at radius 2 is 1.18 bits per heavy atom. The first-order valence-corrected chi connectivity index (χ1v) is 19.4. The number of hydrogen-bond donors (Lipinski definition) is 2. The summed E-state index contributed by atoms with van der Waals surface area (Å²) in [6.07, 6.45) is 0. The number of aromatic nitrogens is 2. The van der Waals surface area contributed by atoms with Crippen molar-refractivity contribution in [1.82, 2.24) is 9.97 Å². The van der Waals surface area contributed by atoms with Crippen molar-refractivity contribution in [2.75, 3.05) is 7.05 Å². The molecule has 0 aliphatic rings. The van der Waals surface area contributed by atoms with E-state index in [4.69, 9.17) is 10.4 Å². The van der Waals surface area contributed by atoms with Crippen LogP contribution in [0.25, 0.3) is 43.8 Å². The van der Waals surface area contributed by atoms with E-state index in [-0.39, 0.29) is 32.7 Å². The molecule has 8 rings (SSSR count). The van der Waals surface area contributed by atoms with Crippen molar-refractivity contribution in [2.24, 2.45) is 15.0 Å². The van der Waals surface area contributed by atoms with Gasteiger partial charge in [0.1, 0.15) is 5.84 Å². The van der Waals surface area contributed by atoms with Gasteiger partial charge in [0.25, 0.3) is 0 Å². The van der Waals surface area contributed by atoms with Gasteiger partial charge in [0.05, 0.1) is 17.6 Å². The van der Waals surface area contributed by atoms with Crippen LogP contribution in [0, 0.1) is 26.2 Å². The van der Waals surface area contributed by atoms with Crippen molar-refractivity contribution in [2.45, 2.75) is 34.2 Å². The third-order valence-electron chi connectivity index (χ3n) is 8.90. The van der Waals surface area contributed by atoms with Crippen molar-refractivity contribution in [3.8, 4) is 11.1 Å². The number of H-pyrrole nitrogens is 1. The summed E-state index contributed by atoms with van der Waals surface area (Å²) >= 11 is 0. The second kappa shape index (κ2) is 26.3. The van der Waals surface area contributed by atoms with Crippen LogP contribution in [0.2, 0.25) is 0 Å². The molecule has 0 saturated carbocycles. The molecule has 2 heterocycles. The number of amidine groups is 3. The monoisotopic (exact) mass is 972 g/mol. The largest absolute Gasteiger partial charge is 2.00 e. The molecule has 8 nitrogen and oxygen atoms in total. The van der Waals surface area contributed by atoms with Gasteiger partial charge in [-0.1, -0.05) is 188 Å². The predicted octanol–water partition coefficient (Wildman–Crippen LogP) is 13.0. The number of para-hydroxylation sites is 1. The van der Waals surface area contributed by atoms with Crippen LogP contribution >= 0.6 is 0 Å². The Morgan fingerprint density at radius 3 is 1.70 bits per heavy atom. The fourth-order valence-electron chi connectivity index (χ4n) is 5.83. The standard InChI is InChI=1S/C19H16N2.C15H13N3.C8H9N.C7H8.C3H6N2.W/c1-12-7-3-4-8-14(12)16-11-18-19(20-13(16)2)15-9-5-6-10-17(15)21-18;1-17-15(13-10-6-3-7-11-13)18-14(16)12-8-4-2-5-9-12;1-9-7-8-5-3-2-4-6-8;1-7-5-3-2-4-6-7;1-3(4)5-2;/h3-11,21H,1-2H3;2-11H,1H3;2-6H,1,7H2;2-6H,1H3;4H,2H2,1H3;/q;-2;;;;+2. The summed E-state index contributed by atoms with van der Waals surface area (Å²) in [6, 6.07) is 58.1. The van der Waals surface area contributed by atoms with E-state index in [2.05, 4.69) is 120 Å². The first kappa shape index (κ1) is 48.5. The summed E-state index contributed by atoms with van der Waals surface area (Å²) in [5, 5.41) is 21.7. The fraction of sp³-hybridized carbons (Fsp3) is 0.115. The van der Waals surface area contributed by atoms with Gasteiger partial charge >= 0.3 is 21.1 Å².